The molecule has 0 saturated carbocycles. The van der Waals surface area contributed by atoms with E-state index in [2.05, 4.69) is 42.5 Å². The second-order valence-electron chi connectivity index (χ2n) is 4.98. The number of ether oxygens (including phenoxy) is 1. The summed E-state index contributed by atoms with van der Waals surface area (Å²) in [4.78, 5) is 11.4. The first-order chi connectivity index (χ1) is 8.78. The van der Waals surface area contributed by atoms with Crippen molar-refractivity contribution in [1.29, 1.82) is 0 Å². The summed E-state index contributed by atoms with van der Waals surface area (Å²) in [6.45, 7) is 6.63. The number of alkyl carbamates (subject to hydrolysis) is 1. The number of hydrogen-bond donors (Lipinski definition) is 2. The maximum absolute atomic E-state index is 11.4. The first-order valence-corrected chi connectivity index (χ1v) is 7.52. The second kappa shape index (κ2) is 7.14. The van der Waals surface area contributed by atoms with Crippen LogP contribution >= 0.6 is 31.9 Å². The smallest absolute Gasteiger partial charge is 0.407 e. The number of anilines is 1. The van der Waals surface area contributed by atoms with Crippen LogP contribution in [0.1, 0.15) is 20.8 Å². The fourth-order valence-corrected chi connectivity index (χ4v) is 2.50. The Morgan fingerprint density at radius 3 is 2.53 bits per heavy atom. The zero-order chi connectivity index (χ0) is 14.5. The zero-order valence-electron chi connectivity index (χ0n) is 11.2. The maximum atomic E-state index is 11.4. The molecule has 106 valence electrons. The van der Waals surface area contributed by atoms with Crippen LogP contribution in [0.2, 0.25) is 0 Å². The van der Waals surface area contributed by atoms with Gasteiger partial charge in [0.05, 0.1) is 0 Å². The molecule has 0 heterocycles. The molecule has 1 amide bonds. The van der Waals surface area contributed by atoms with Crippen LogP contribution in [0.15, 0.2) is 27.1 Å². The highest BCUT2D eigenvalue weighted by atomic mass is 79.9. The summed E-state index contributed by atoms with van der Waals surface area (Å²) in [5.74, 6) is 0. The van der Waals surface area contributed by atoms with Crippen LogP contribution in [0.4, 0.5) is 10.5 Å². The molecule has 0 atom stereocenters. The van der Waals surface area contributed by atoms with Crippen LogP contribution < -0.4 is 10.6 Å². The number of rotatable bonds is 4. The van der Waals surface area contributed by atoms with Gasteiger partial charge in [0, 0.05) is 27.7 Å². The van der Waals surface area contributed by atoms with E-state index in [4.69, 9.17) is 4.74 Å². The van der Waals surface area contributed by atoms with Crippen molar-refractivity contribution in [1.82, 2.24) is 5.32 Å². The molecule has 0 fully saturated rings. The summed E-state index contributed by atoms with van der Waals surface area (Å²) < 4.78 is 7.12. The summed E-state index contributed by atoms with van der Waals surface area (Å²) >= 11 is 6.86. The Bertz CT molecular complexity index is 445. The number of amides is 1. The van der Waals surface area contributed by atoms with Crippen LogP contribution in [0, 0.1) is 0 Å². The molecule has 19 heavy (non-hydrogen) atoms. The number of hydrogen-bond acceptors (Lipinski definition) is 3. The van der Waals surface area contributed by atoms with Gasteiger partial charge < -0.3 is 15.4 Å². The van der Waals surface area contributed by atoms with E-state index in [1.54, 1.807) is 0 Å². The normalized spacial score (nSPS) is 11.0. The quantitative estimate of drug-likeness (QED) is 0.755. The van der Waals surface area contributed by atoms with Crippen molar-refractivity contribution in [3.8, 4) is 0 Å². The van der Waals surface area contributed by atoms with E-state index >= 15 is 0 Å². The molecule has 1 aromatic carbocycles. The van der Waals surface area contributed by atoms with E-state index in [1.807, 2.05) is 39.0 Å². The van der Waals surface area contributed by atoms with Gasteiger partial charge in [0.15, 0.2) is 0 Å². The Kier molecular flexibility index (Phi) is 6.13. The summed E-state index contributed by atoms with van der Waals surface area (Å²) in [6, 6.07) is 5.87. The number of nitrogens with one attached hydrogen (secondary N) is 2. The van der Waals surface area contributed by atoms with Gasteiger partial charge in [-0.3, -0.25) is 0 Å². The molecule has 0 bridgehead atoms. The van der Waals surface area contributed by atoms with Crippen LogP contribution in [-0.4, -0.2) is 24.8 Å². The molecular weight excluding hydrogens is 376 g/mol. The number of halogens is 2. The fourth-order valence-electron chi connectivity index (χ4n) is 1.31. The monoisotopic (exact) mass is 392 g/mol. The van der Waals surface area contributed by atoms with E-state index in [0.717, 1.165) is 14.6 Å². The molecule has 4 nitrogen and oxygen atoms in total. The Balaban J connectivity index is 2.29. The topological polar surface area (TPSA) is 50.4 Å². The van der Waals surface area contributed by atoms with Crippen LogP contribution in [0.3, 0.4) is 0 Å². The summed E-state index contributed by atoms with van der Waals surface area (Å²) in [5, 5.41) is 5.91. The Hall–Kier alpha value is -0.750. The fraction of sp³-hybridized carbons (Fsp3) is 0.462. The summed E-state index contributed by atoms with van der Waals surface area (Å²) in [7, 11) is 0. The lowest BCUT2D eigenvalue weighted by Crippen LogP contribution is -2.35. The van der Waals surface area contributed by atoms with E-state index < -0.39 is 11.7 Å². The molecule has 0 aromatic heterocycles. The number of benzene rings is 1. The molecule has 0 radical (unpaired) electrons. The number of carbonyl (C=O) groups is 1. The molecule has 0 unspecified atom stereocenters. The highest BCUT2D eigenvalue weighted by Crippen LogP contribution is 2.25. The third-order valence-corrected chi connectivity index (χ3v) is 3.19. The highest BCUT2D eigenvalue weighted by molar-refractivity contribution is 9.11. The van der Waals surface area contributed by atoms with Crippen molar-refractivity contribution in [3.63, 3.8) is 0 Å². The van der Waals surface area contributed by atoms with Gasteiger partial charge in [-0.2, -0.15) is 0 Å². The molecule has 1 rings (SSSR count). The molecule has 0 aliphatic heterocycles. The van der Waals surface area contributed by atoms with Gasteiger partial charge in [0.2, 0.25) is 0 Å². The second-order valence-corrected chi connectivity index (χ2v) is 6.75. The van der Waals surface area contributed by atoms with Crippen LogP contribution in [-0.2, 0) is 4.74 Å². The minimum absolute atomic E-state index is 0.399. The Labute approximate surface area is 130 Å². The van der Waals surface area contributed by atoms with E-state index in [0.29, 0.717) is 13.1 Å². The highest BCUT2D eigenvalue weighted by Gasteiger charge is 2.15. The van der Waals surface area contributed by atoms with Gasteiger partial charge in [-0.15, -0.1) is 0 Å². The zero-order valence-corrected chi connectivity index (χ0v) is 14.4. The van der Waals surface area contributed by atoms with Gasteiger partial charge >= 0.3 is 6.09 Å². The minimum atomic E-state index is -0.466. The summed E-state index contributed by atoms with van der Waals surface area (Å²) in [6.07, 6.45) is -0.399. The molecule has 0 aliphatic carbocycles. The van der Waals surface area contributed by atoms with Gasteiger partial charge in [0.25, 0.3) is 0 Å². The standard InChI is InChI=1S/C13H18Br2N2O2/c1-13(2,3)19-12(18)17-7-6-16-11-5-4-9(14)8-10(11)15/h4-5,8,16H,6-7H2,1-3H3,(H,17,18). The lowest BCUT2D eigenvalue weighted by atomic mass is 10.2. The largest absolute Gasteiger partial charge is 0.444 e. The van der Waals surface area contributed by atoms with Crippen molar-refractivity contribution in [2.75, 3.05) is 18.4 Å². The van der Waals surface area contributed by atoms with Crippen molar-refractivity contribution >= 4 is 43.6 Å². The SMILES string of the molecule is CC(C)(C)OC(=O)NCCNc1ccc(Br)cc1Br. The van der Waals surface area contributed by atoms with Crippen molar-refractivity contribution < 1.29 is 9.53 Å². The molecule has 0 aliphatic rings. The van der Waals surface area contributed by atoms with Crippen LogP contribution in [0.5, 0.6) is 0 Å². The predicted molar refractivity (Wildman–Crippen MR) is 84.6 cm³/mol. The predicted octanol–water partition coefficient (Wildman–Crippen LogP) is 4.15. The first kappa shape index (κ1) is 16.3. The third kappa shape index (κ3) is 6.82. The Morgan fingerprint density at radius 1 is 1.26 bits per heavy atom. The van der Waals surface area contributed by atoms with E-state index in [9.17, 15) is 4.79 Å². The lowest BCUT2D eigenvalue weighted by Gasteiger charge is -2.19. The van der Waals surface area contributed by atoms with E-state index in [-0.39, 0.29) is 0 Å². The van der Waals surface area contributed by atoms with Crippen molar-refractivity contribution in [2.45, 2.75) is 26.4 Å². The van der Waals surface area contributed by atoms with Gasteiger partial charge in [0.1, 0.15) is 5.60 Å². The first-order valence-electron chi connectivity index (χ1n) is 5.94. The van der Waals surface area contributed by atoms with Gasteiger partial charge in [-0.05, 0) is 54.9 Å². The van der Waals surface area contributed by atoms with Gasteiger partial charge in [-0.1, -0.05) is 15.9 Å². The molecule has 1 aromatic rings. The van der Waals surface area contributed by atoms with Crippen LogP contribution in [0.25, 0.3) is 0 Å². The lowest BCUT2D eigenvalue weighted by molar-refractivity contribution is 0.0530. The molecule has 6 heteroatoms. The molecule has 0 saturated heterocycles. The van der Waals surface area contributed by atoms with Crippen molar-refractivity contribution in [2.24, 2.45) is 0 Å². The average Bonchev–Trinajstić information content (AvgIpc) is 2.24. The average molecular weight is 394 g/mol. The van der Waals surface area contributed by atoms with Crippen molar-refractivity contribution in [3.05, 3.63) is 27.1 Å². The summed E-state index contributed by atoms with van der Waals surface area (Å²) in [5.41, 5.74) is 0.515. The van der Waals surface area contributed by atoms with E-state index in [1.165, 1.54) is 0 Å². The maximum Gasteiger partial charge on any atom is 0.407 e. The molecule has 2 N–H and O–H groups in total. The van der Waals surface area contributed by atoms with Gasteiger partial charge in [-0.25, -0.2) is 4.79 Å². The number of carbonyl (C=O) groups excluding carboxylic acids is 1. The third-order valence-electron chi connectivity index (χ3n) is 2.04. The molecular formula is C13H18Br2N2O2. The Morgan fingerprint density at radius 2 is 1.95 bits per heavy atom. The minimum Gasteiger partial charge on any atom is -0.444 e. The molecule has 0 spiro atoms.